The summed E-state index contributed by atoms with van der Waals surface area (Å²) in [6, 6.07) is 6.27. The molecule has 0 aliphatic heterocycles. The molecule has 1 aliphatic carbocycles. The van der Waals surface area contributed by atoms with Gasteiger partial charge in [-0.3, -0.25) is 9.59 Å². The van der Waals surface area contributed by atoms with Crippen molar-refractivity contribution in [2.75, 3.05) is 7.05 Å². The van der Waals surface area contributed by atoms with Gasteiger partial charge in [0.2, 0.25) is 0 Å². The second kappa shape index (κ2) is 7.26. The van der Waals surface area contributed by atoms with E-state index < -0.39 is 17.4 Å². The fourth-order valence-corrected chi connectivity index (χ4v) is 2.96. The number of nitrogens with one attached hydrogen (secondary N) is 2. The second-order valence-corrected chi connectivity index (χ2v) is 5.92. The van der Waals surface area contributed by atoms with Crippen molar-refractivity contribution in [1.82, 2.24) is 10.6 Å². The van der Waals surface area contributed by atoms with E-state index in [9.17, 15) is 19.5 Å². The summed E-state index contributed by atoms with van der Waals surface area (Å²) in [5.74, 6) is -1.74. The number of carbonyl (C=O) groups excluding carboxylic acids is 2. The van der Waals surface area contributed by atoms with Crippen molar-refractivity contribution in [3.05, 3.63) is 35.4 Å². The Hall–Kier alpha value is -2.37. The highest BCUT2D eigenvalue weighted by atomic mass is 16.4. The smallest absolute Gasteiger partial charge is 0.329 e. The van der Waals surface area contributed by atoms with Gasteiger partial charge in [0.15, 0.2) is 0 Å². The molecule has 23 heavy (non-hydrogen) atoms. The van der Waals surface area contributed by atoms with E-state index in [2.05, 4.69) is 10.6 Å². The maximum absolute atomic E-state index is 12.5. The van der Waals surface area contributed by atoms with E-state index in [4.69, 9.17) is 0 Å². The van der Waals surface area contributed by atoms with Crippen LogP contribution in [0, 0.1) is 0 Å². The van der Waals surface area contributed by atoms with Crippen LogP contribution in [-0.4, -0.2) is 35.5 Å². The van der Waals surface area contributed by atoms with E-state index >= 15 is 0 Å². The Labute approximate surface area is 135 Å². The average Bonchev–Trinajstić information content (AvgIpc) is 2.80. The number of aliphatic carboxylic acids is 1. The largest absolute Gasteiger partial charge is 0.480 e. The molecular formula is C17H22N2O4. The Bertz CT molecular complexity index is 604. The lowest BCUT2D eigenvalue weighted by Gasteiger charge is -2.29. The highest BCUT2D eigenvalue weighted by molar-refractivity contribution is 6.01. The molecule has 0 unspecified atom stereocenters. The SMILES string of the molecule is CNC(=O)c1cccc(C(=O)NC2(C(=O)O)CCCCCC2)c1. The topological polar surface area (TPSA) is 95.5 Å². The Morgan fingerprint density at radius 3 is 2.09 bits per heavy atom. The number of hydrogen-bond acceptors (Lipinski definition) is 3. The summed E-state index contributed by atoms with van der Waals surface area (Å²) in [6.45, 7) is 0. The second-order valence-electron chi connectivity index (χ2n) is 5.92. The molecule has 124 valence electrons. The summed E-state index contributed by atoms with van der Waals surface area (Å²) in [5.41, 5.74) is -0.558. The Morgan fingerprint density at radius 1 is 1.00 bits per heavy atom. The van der Waals surface area contributed by atoms with E-state index in [1.54, 1.807) is 18.2 Å². The van der Waals surface area contributed by atoms with Gasteiger partial charge in [-0.2, -0.15) is 0 Å². The highest BCUT2D eigenvalue weighted by Gasteiger charge is 2.40. The van der Waals surface area contributed by atoms with Crippen LogP contribution < -0.4 is 10.6 Å². The number of carboxylic acid groups (broad SMARTS) is 1. The molecule has 6 heteroatoms. The fourth-order valence-electron chi connectivity index (χ4n) is 2.96. The first-order valence-electron chi connectivity index (χ1n) is 7.86. The first kappa shape index (κ1) is 17.0. The van der Waals surface area contributed by atoms with Crippen LogP contribution in [0.3, 0.4) is 0 Å². The van der Waals surface area contributed by atoms with Crippen LogP contribution in [-0.2, 0) is 4.79 Å². The minimum Gasteiger partial charge on any atom is -0.480 e. The number of amides is 2. The summed E-state index contributed by atoms with van der Waals surface area (Å²) in [4.78, 5) is 35.9. The minimum absolute atomic E-state index is 0.288. The predicted octanol–water partition coefficient (Wildman–Crippen LogP) is 1.95. The van der Waals surface area contributed by atoms with Crippen LogP contribution in [0.15, 0.2) is 24.3 Å². The monoisotopic (exact) mass is 318 g/mol. The number of rotatable bonds is 4. The minimum atomic E-state index is -1.21. The molecular weight excluding hydrogens is 296 g/mol. The normalized spacial score (nSPS) is 16.9. The van der Waals surface area contributed by atoms with Crippen LogP contribution >= 0.6 is 0 Å². The van der Waals surface area contributed by atoms with Crippen LogP contribution in [0.5, 0.6) is 0 Å². The molecule has 0 spiro atoms. The highest BCUT2D eigenvalue weighted by Crippen LogP contribution is 2.28. The van der Waals surface area contributed by atoms with Gasteiger partial charge in [0.25, 0.3) is 11.8 Å². The maximum Gasteiger partial charge on any atom is 0.329 e. The number of hydrogen-bond donors (Lipinski definition) is 3. The summed E-state index contributed by atoms with van der Waals surface area (Å²) in [6.07, 6.45) is 4.40. The predicted molar refractivity (Wildman–Crippen MR) is 85.4 cm³/mol. The average molecular weight is 318 g/mol. The number of carboxylic acids is 1. The molecule has 1 saturated carbocycles. The van der Waals surface area contributed by atoms with E-state index in [0.29, 0.717) is 18.4 Å². The molecule has 0 bridgehead atoms. The Kier molecular flexibility index (Phi) is 5.36. The van der Waals surface area contributed by atoms with Gasteiger partial charge in [-0.15, -0.1) is 0 Å². The van der Waals surface area contributed by atoms with Gasteiger partial charge in [-0.1, -0.05) is 31.7 Å². The first-order valence-corrected chi connectivity index (χ1v) is 7.86. The van der Waals surface area contributed by atoms with Crippen molar-refractivity contribution in [2.24, 2.45) is 0 Å². The van der Waals surface area contributed by atoms with E-state index in [1.807, 2.05) is 0 Å². The Balaban J connectivity index is 2.22. The molecule has 1 aliphatic rings. The third-order valence-corrected chi connectivity index (χ3v) is 4.33. The number of benzene rings is 1. The molecule has 0 aromatic heterocycles. The lowest BCUT2D eigenvalue weighted by molar-refractivity contribution is -0.145. The fraction of sp³-hybridized carbons (Fsp3) is 0.471. The standard InChI is InChI=1S/C17H22N2O4/c1-18-14(20)12-7-6-8-13(11-12)15(21)19-17(16(22)23)9-4-2-3-5-10-17/h6-8,11H,2-5,9-10H2,1H3,(H,18,20)(H,19,21)(H,22,23). The molecule has 2 amide bonds. The lowest BCUT2D eigenvalue weighted by atomic mass is 9.89. The molecule has 3 N–H and O–H groups in total. The summed E-state index contributed by atoms with van der Waals surface area (Å²) < 4.78 is 0. The van der Waals surface area contributed by atoms with E-state index in [0.717, 1.165) is 25.7 Å². The van der Waals surface area contributed by atoms with Gasteiger partial charge in [-0.25, -0.2) is 4.79 Å². The summed E-state index contributed by atoms with van der Waals surface area (Å²) in [5, 5.41) is 14.8. The van der Waals surface area contributed by atoms with Crippen LogP contribution in [0.25, 0.3) is 0 Å². The molecule has 0 atom stereocenters. The summed E-state index contributed by atoms with van der Waals surface area (Å²) >= 11 is 0. The van der Waals surface area contributed by atoms with Gasteiger partial charge >= 0.3 is 5.97 Å². The zero-order valence-corrected chi connectivity index (χ0v) is 13.2. The number of carbonyl (C=O) groups is 3. The van der Waals surface area contributed by atoms with Crippen molar-refractivity contribution < 1.29 is 19.5 Å². The zero-order chi connectivity index (χ0) is 16.9. The van der Waals surface area contributed by atoms with Crippen molar-refractivity contribution in [3.63, 3.8) is 0 Å². The third-order valence-electron chi connectivity index (χ3n) is 4.33. The van der Waals surface area contributed by atoms with Gasteiger partial charge in [0, 0.05) is 18.2 Å². The van der Waals surface area contributed by atoms with Crippen molar-refractivity contribution in [2.45, 2.75) is 44.1 Å². The molecule has 1 fully saturated rings. The quantitative estimate of drug-likeness (QED) is 0.739. The lowest BCUT2D eigenvalue weighted by Crippen LogP contribution is -2.54. The molecule has 0 saturated heterocycles. The zero-order valence-electron chi connectivity index (χ0n) is 13.2. The van der Waals surface area contributed by atoms with Crippen LogP contribution in [0.1, 0.15) is 59.2 Å². The van der Waals surface area contributed by atoms with Gasteiger partial charge in [0.1, 0.15) is 5.54 Å². The van der Waals surface area contributed by atoms with E-state index in [1.165, 1.54) is 13.1 Å². The molecule has 1 aromatic rings. The van der Waals surface area contributed by atoms with Gasteiger partial charge in [-0.05, 0) is 31.0 Å². The molecule has 1 aromatic carbocycles. The maximum atomic E-state index is 12.5. The van der Waals surface area contributed by atoms with Gasteiger partial charge in [0.05, 0.1) is 0 Å². The van der Waals surface area contributed by atoms with Crippen molar-refractivity contribution >= 4 is 17.8 Å². The molecule has 0 radical (unpaired) electrons. The molecule has 0 heterocycles. The van der Waals surface area contributed by atoms with Crippen LogP contribution in [0.2, 0.25) is 0 Å². The molecule has 6 nitrogen and oxygen atoms in total. The first-order chi connectivity index (χ1) is 11.0. The van der Waals surface area contributed by atoms with Crippen molar-refractivity contribution in [3.8, 4) is 0 Å². The van der Waals surface area contributed by atoms with Gasteiger partial charge < -0.3 is 15.7 Å². The third kappa shape index (κ3) is 3.88. The van der Waals surface area contributed by atoms with Crippen molar-refractivity contribution in [1.29, 1.82) is 0 Å². The Morgan fingerprint density at radius 2 is 1.57 bits per heavy atom. The molecule has 2 rings (SSSR count). The van der Waals surface area contributed by atoms with Crippen LogP contribution in [0.4, 0.5) is 0 Å². The van der Waals surface area contributed by atoms with E-state index in [-0.39, 0.29) is 11.5 Å². The summed E-state index contributed by atoms with van der Waals surface area (Å²) in [7, 11) is 1.51.